The van der Waals surface area contributed by atoms with Crippen molar-refractivity contribution in [3.8, 4) is 11.5 Å². The van der Waals surface area contributed by atoms with Crippen LogP contribution in [0.15, 0.2) is 66.9 Å². The maximum Gasteiger partial charge on any atom is 0.253 e. The SMILES string of the molecule is COC(C)CCC(=O)c1ccc2nn(CC3CN(C(=O)c4ccc(Oc5ccc(F)cc5)cc4)C3)cc2c1C. The van der Waals surface area contributed by atoms with Gasteiger partial charge in [-0.05, 0) is 86.5 Å². The first-order valence-corrected chi connectivity index (χ1v) is 13.2. The van der Waals surface area contributed by atoms with Gasteiger partial charge in [0.05, 0.1) is 11.6 Å². The molecule has 8 heteroatoms. The Labute approximate surface area is 227 Å². The van der Waals surface area contributed by atoms with E-state index in [9.17, 15) is 14.0 Å². The van der Waals surface area contributed by atoms with Gasteiger partial charge in [-0.3, -0.25) is 14.3 Å². The van der Waals surface area contributed by atoms with Crippen LogP contribution in [0.1, 0.15) is 46.0 Å². The van der Waals surface area contributed by atoms with Gasteiger partial charge in [0, 0.05) is 61.8 Å². The van der Waals surface area contributed by atoms with Gasteiger partial charge in [0.2, 0.25) is 0 Å². The summed E-state index contributed by atoms with van der Waals surface area (Å²) in [5.41, 5.74) is 3.15. The zero-order valence-corrected chi connectivity index (χ0v) is 22.4. The smallest absolute Gasteiger partial charge is 0.253 e. The number of hydrogen-bond acceptors (Lipinski definition) is 5. The second-order valence-corrected chi connectivity index (χ2v) is 10.2. The standard InChI is InChI=1S/C31H32FN3O4/c1-20(38-3)4-15-30(36)27-13-14-29-28(21(27)2)19-35(33-29)18-22-16-34(17-22)31(37)23-5-9-25(10-6-23)39-26-11-7-24(32)8-12-26/h5-14,19-20,22H,4,15-18H2,1-3H3. The first-order valence-electron chi connectivity index (χ1n) is 13.2. The molecule has 0 bridgehead atoms. The van der Waals surface area contributed by atoms with Gasteiger partial charge in [-0.25, -0.2) is 4.39 Å². The van der Waals surface area contributed by atoms with Crippen LogP contribution in [0, 0.1) is 18.7 Å². The molecule has 39 heavy (non-hydrogen) atoms. The molecule has 202 valence electrons. The zero-order chi connectivity index (χ0) is 27.5. The summed E-state index contributed by atoms with van der Waals surface area (Å²) in [5.74, 6) is 1.19. The van der Waals surface area contributed by atoms with Crippen LogP contribution in [0.3, 0.4) is 0 Å². The number of methoxy groups -OCH3 is 1. The lowest BCUT2D eigenvalue weighted by Crippen LogP contribution is -2.51. The quantitative estimate of drug-likeness (QED) is 0.234. The van der Waals surface area contributed by atoms with Crippen molar-refractivity contribution < 1.29 is 23.5 Å². The number of halogens is 1. The molecule has 1 aromatic heterocycles. The van der Waals surface area contributed by atoms with E-state index in [1.54, 1.807) is 43.5 Å². The second-order valence-electron chi connectivity index (χ2n) is 10.2. The van der Waals surface area contributed by atoms with Crippen LogP contribution in [0.2, 0.25) is 0 Å². The molecule has 0 N–H and O–H groups in total. The Bertz CT molecular complexity index is 1470. The molecule has 3 aromatic carbocycles. The van der Waals surface area contributed by atoms with Gasteiger partial charge in [-0.1, -0.05) is 0 Å². The number of fused-ring (bicyclic) bond motifs is 1. The van der Waals surface area contributed by atoms with Crippen LogP contribution in [0.5, 0.6) is 11.5 Å². The molecule has 4 aromatic rings. The number of aryl methyl sites for hydroxylation is 1. The number of ketones is 1. The maximum absolute atomic E-state index is 13.1. The number of ether oxygens (including phenoxy) is 2. The number of carbonyl (C=O) groups excluding carboxylic acids is 2. The highest BCUT2D eigenvalue weighted by Gasteiger charge is 2.31. The molecule has 1 fully saturated rings. The number of hydrogen-bond donors (Lipinski definition) is 0. The molecule has 7 nitrogen and oxygen atoms in total. The maximum atomic E-state index is 13.1. The topological polar surface area (TPSA) is 73.7 Å². The number of nitrogens with zero attached hydrogens (tertiary/aromatic N) is 3. The average molecular weight is 530 g/mol. The van der Waals surface area contributed by atoms with Gasteiger partial charge in [0.25, 0.3) is 5.91 Å². The molecule has 1 unspecified atom stereocenters. The van der Waals surface area contributed by atoms with Crippen molar-refractivity contribution in [1.82, 2.24) is 14.7 Å². The van der Waals surface area contributed by atoms with Crippen LogP contribution < -0.4 is 4.74 Å². The van der Waals surface area contributed by atoms with E-state index in [4.69, 9.17) is 14.6 Å². The van der Waals surface area contributed by atoms with Gasteiger partial charge in [-0.15, -0.1) is 0 Å². The van der Waals surface area contributed by atoms with E-state index in [1.807, 2.05) is 41.8 Å². The molecular formula is C31H32FN3O4. The molecule has 0 radical (unpaired) electrons. The first kappa shape index (κ1) is 26.6. The van der Waals surface area contributed by atoms with Crippen molar-refractivity contribution in [2.45, 2.75) is 39.3 Å². The summed E-state index contributed by atoms with van der Waals surface area (Å²) in [6.45, 7) is 5.95. The number of likely N-dealkylation sites (tertiary alicyclic amines) is 1. The third-order valence-corrected chi connectivity index (χ3v) is 7.33. The minimum atomic E-state index is -0.322. The predicted molar refractivity (Wildman–Crippen MR) is 147 cm³/mol. The molecular weight excluding hydrogens is 497 g/mol. The van der Waals surface area contributed by atoms with Gasteiger partial charge in [-0.2, -0.15) is 5.10 Å². The van der Waals surface area contributed by atoms with Gasteiger partial charge < -0.3 is 14.4 Å². The highest BCUT2D eigenvalue weighted by atomic mass is 19.1. The molecule has 2 heterocycles. The monoisotopic (exact) mass is 529 g/mol. The Balaban J connectivity index is 1.15. The van der Waals surface area contributed by atoms with Gasteiger partial charge >= 0.3 is 0 Å². The fourth-order valence-corrected chi connectivity index (χ4v) is 4.87. The Morgan fingerprint density at radius 3 is 2.36 bits per heavy atom. The Morgan fingerprint density at radius 1 is 1.03 bits per heavy atom. The molecule has 0 aliphatic carbocycles. The lowest BCUT2D eigenvalue weighted by atomic mass is 9.98. The van der Waals surface area contributed by atoms with Crippen molar-refractivity contribution in [2.75, 3.05) is 20.2 Å². The van der Waals surface area contributed by atoms with Gasteiger partial charge in [0.1, 0.15) is 17.3 Å². The average Bonchev–Trinajstić information content (AvgIpc) is 3.34. The number of Topliss-reactive ketones (excluding diaryl/α,β-unsaturated/α-hetero) is 1. The predicted octanol–water partition coefficient (Wildman–Crippen LogP) is 6.05. The summed E-state index contributed by atoms with van der Waals surface area (Å²) < 4.78 is 26.0. The molecule has 0 saturated carbocycles. The molecule has 1 saturated heterocycles. The number of amides is 1. The molecule has 1 aliphatic heterocycles. The van der Waals surface area contributed by atoms with E-state index < -0.39 is 0 Å². The third-order valence-electron chi connectivity index (χ3n) is 7.33. The largest absolute Gasteiger partial charge is 0.457 e. The van der Waals surface area contributed by atoms with Crippen molar-refractivity contribution in [1.29, 1.82) is 0 Å². The van der Waals surface area contributed by atoms with E-state index >= 15 is 0 Å². The van der Waals surface area contributed by atoms with Crippen LogP contribution in [-0.2, 0) is 11.3 Å². The van der Waals surface area contributed by atoms with Crippen molar-refractivity contribution >= 4 is 22.6 Å². The number of benzene rings is 3. The molecule has 1 atom stereocenters. The molecule has 1 amide bonds. The van der Waals surface area contributed by atoms with Crippen LogP contribution in [-0.4, -0.2) is 52.7 Å². The van der Waals surface area contributed by atoms with E-state index in [1.165, 1.54) is 12.1 Å². The van der Waals surface area contributed by atoms with Crippen molar-refractivity contribution in [3.63, 3.8) is 0 Å². The third kappa shape index (κ3) is 6.01. The second kappa shape index (κ2) is 11.4. The molecule has 0 spiro atoms. The zero-order valence-electron chi connectivity index (χ0n) is 22.4. The van der Waals surface area contributed by atoms with Gasteiger partial charge in [0.15, 0.2) is 5.78 Å². The van der Waals surface area contributed by atoms with Crippen molar-refractivity contribution in [2.24, 2.45) is 5.92 Å². The molecule has 5 rings (SSSR count). The lowest BCUT2D eigenvalue weighted by Gasteiger charge is -2.39. The summed E-state index contributed by atoms with van der Waals surface area (Å²) in [4.78, 5) is 27.5. The fourth-order valence-electron chi connectivity index (χ4n) is 4.87. The Morgan fingerprint density at radius 2 is 1.69 bits per heavy atom. The number of rotatable bonds is 10. The Hall–Kier alpha value is -4.04. The van der Waals surface area contributed by atoms with E-state index in [0.29, 0.717) is 55.5 Å². The highest BCUT2D eigenvalue weighted by Crippen LogP contribution is 2.27. The lowest BCUT2D eigenvalue weighted by molar-refractivity contribution is 0.0462. The highest BCUT2D eigenvalue weighted by molar-refractivity contribution is 6.01. The van der Waals surface area contributed by atoms with E-state index in [-0.39, 0.29) is 23.6 Å². The summed E-state index contributed by atoms with van der Waals surface area (Å²) in [6, 6.07) is 16.5. The number of carbonyl (C=O) groups is 2. The normalized spacial score (nSPS) is 14.3. The van der Waals surface area contributed by atoms with Crippen LogP contribution in [0.25, 0.3) is 10.9 Å². The number of aromatic nitrogens is 2. The van der Waals surface area contributed by atoms with Crippen LogP contribution >= 0.6 is 0 Å². The first-order chi connectivity index (χ1) is 18.8. The van der Waals surface area contributed by atoms with E-state index in [2.05, 4.69) is 0 Å². The fraction of sp³-hybridized carbons (Fsp3) is 0.323. The minimum Gasteiger partial charge on any atom is -0.457 e. The Kier molecular flexibility index (Phi) is 7.74. The summed E-state index contributed by atoms with van der Waals surface area (Å²) >= 11 is 0. The summed E-state index contributed by atoms with van der Waals surface area (Å²) in [5, 5.41) is 5.69. The summed E-state index contributed by atoms with van der Waals surface area (Å²) in [6.07, 6.45) is 3.20. The van der Waals surface area contributed by atoms with Crippen molar-refractivity contribution in [3.05, 3.63) is 89.4 Å². The molecule has 1 aliphatic rings. The van der Waals surface area contributed by atoms with Crippen LogP contribution in [0.4, 0.5) is 4.39 Å². The minimum absolute atomic E-state index is 0.0213. The van der Waals surface area contributed by atoms with E-state index in [0.717, 1.165) is 22.0 Å². The summed E-state index contributed by atoms with van der Waals surface area (Å²) in [7, 11) is 1.66.